The molecule has 12 heteroatoms. The second kappa shape index (κ2) is 36.0. The van der Waals surface area contributed by atoms with Gasteiger partial charge in [0.1, 0.15) is 25.3 Å². The molecule has 0 saturated heterocycles. The third-order valence-corrected chi connectivity index (χ3v) is 22.9. The van der Waals surface area contributed by atoms with E-state index in [1.54, 1.807) is 25.3 Å². The fraction of sp³-hybridized carbons (Fsp3) is 0.140. The Bertz CT molecular complexity index is 6230. The van der Waals surface area contributed by atoms with Crippen LogP contribution < -0.4 is 0 Å². The predicted molar refractivity (Wildman–Crippen MR) is 505 cm³/mol. The summed E-state index contributed by atoms with van der Waals surface area (Å²) in [5.41, 5.74) is 36.4. The van der Waals surface area contributed by atoms with E-state index in [2.05, 4.69) is 438 Å². The van der Waals surface area contributed by atoms with Gasteiger partial charge >= 0.3 is 40.2 Å². The third-order valence-electron chi connectivity index (χ3n) is 22.9. The molecular formula is C114H90Ir2N10. The normalized spacial score (nSPS) is 11.7. The maximum atomic E-state index is 5.14. The maximum absolute atomic E-state index is 5.14. The summed E-state index contributed by atoms with van der Waals surface area (Å²) in [6, 6.07) is 125. The Labute approximate surface area is 766 Å². The zero-order valence-corrected chi connectivity index (χ0v) is 77.1. The van der Waals surface area contributed by atoms with Crippen molar-refractivity contribution in [1.82, 2.24) is 49.8 Å². The first-order valence-corrected chi connectivity index (χ1v) is 42.0. The summed E-state index contributed by atoms with van der Waals surface area (Å²) in [6.07, 6.45) is 10.5. The van der Waals surface area contributed by atoms with Crippen molar-refractivity contribution >= 4 is 0 Å². The molecule has 126 heavy (non-hydrogen) atoms. The van der Waals surface area contributed by atoms with Gasteiger partial charge in [0.2, 0.25) is 0 Å². The molecule has 6 aromatic heterocycles. The van der Waals surface area contributed by atoms with Gasteiger partial charge in [-0.05, 0) is 138 Å². The molecule has 6 heterocycles. The number of benzene rings is 12. The average Bonchev–Trinajstić information content (AvgIpc) is 0.768. The minimum Gasteiger partial charge on any atom is -0.357 e. The molecule has 0 amide bonds. The van der Waals surface area contributed by atoms with Crippen LogP contribution in [0, 0.1) is 36.4 Å². The molecule has 0 radical (unpaired) electrons. The minimum absolute atomic E-state index is 0. The topological polar surface area (TPSA) is 129 Å². The van der Waals surface area contributed by atoms with Crippen LogP contribution in [0.3, 0.4) is 0 Å². The molecule has 0 saturated carbocycles. The quantitative estimate of drug-likeness (QED) is 0.0813. The van der Waals surface area contributed by atoms with Gasteiger partial charge in [0.05, 0.1) is 0 Å². The van der Waals surface area contributed by atoms with Crippen molar-refractivity contribution in [3.05, 3.63) is 388 Å². The second-order valence-electron chi connectivity index (χ2n) is 35.7. The van der Waals surface area contributed by atoms with Crippen molar-refractivity contribution in [3.8, 4) is 190 Å². The maximum Gasteiger partial charge on any atom is 3.00 e. The molecular weight excluding hydrogens is 1890 g/mol. The number of aromatic nitrogens is 10. The van der Waals surface area contributed by atoms with Gasteiger partial charge in [-0.2, -0.15) is 12.1 Å². The van der Waals surface area contributed by atoms with Crippen molar-refractivity contribution in [1.29, 1.82) is 0 Å². The Kier molecular flexibility index (Phi) is 24.6. The molecule has 12 aromatic carbocycles. The monoisotopic (exact) mass is 1980 g/mol. The van der Waals surface area contributed by atoms with E-state index in [9.17, 15) is 0 Å². The molecule has 0 aliphatic rings. The van der Waals surface area contributed by atoms with Crippen LogP contribution in [0.15, 0.2) is 329 Å². The van der Waals surface area contributed by atoms with Crippen molar-refractivity contribution in [2.75, 3.05) is 0 Å². The molecule has 0 N–H and O–H groups in total. The Hall–Kier alpha value is -13.4. The summed E-state index contributed by atoms with van der Waals surface area (Å²) >= 11 is 0. The van der Waals surface area contributed by atoms with E-state index in [0.717, 1.165) is 201 Å². The van der Waals surface area contributed by atoms with E-state index < -0.39 is 0 Å². The van der Waals surface area contributed by atoms with Crippen molar-refractivity contribution in [3.63, 3.8) is 0 Å². The molecule has 0 atom stereocenters. The molecule has 0 spiro atoms. The van der Waals surface area contributed by atoms with Gasteiger partial charge in [0.15, 0.2) is 0 Å². The van der Waals surface area contributed by atoms with Gasteiger partial charge in [-0.15, -0.1) is 131 Å². The van der Waals surface area contributed by atoms with Gasteiger partial charge in [0.25, 0.3) is 0 Å². The average molecular weight is 1980 g/mol. The fourth-order valence-corrected chi connectivity index (χ4v) is 16.0. The molecule has 18 aromatic rings. The van der Waals surface area contributed by atoms with E-state index in [1.807, 2.05) is 24.5 Å². The van der Waals surface area contributed by atoms with Crippen LogP contribution in [0.25, 0.3) is 190 Å². The summed E-state index contributed by atoms with van der Waals surface area (Å²) in [4.78, 5) is 47.4. The molecule has 0 bridgehead atoms. The number of hydrogen-bond donors (Lipinski definition) is 0. The van der Waals surface area contributed by atoms with Crippen LogP contribution in [0.4, 0.5) is 0 Å². The van der Waals surface area contributed by atoms with E-state index in [-0.39, 0.29) is 61.9 Å². The summed E-state index contributed by atoms with van der Waals surface area (Å²) in [5.74, 6) is 0. The van der Waals surface area contributed by atoms with E-state index in [1.165, 1.54) is 0 Å². The predicted octanol–water partition coefficient (Wildman–Crippen LogP) is 28.0. The molecule has 0 aliphatic carbocycles. The number of rotatable bonds is 17. The van der Waals surface area contributed by atoms with Crippen LogP contribution >= 0.6 is 0 Å². The second-order valence-corrected chi connectivity index (χ2v) is 35.7. The van der Waals surface area contributed by atoms with Gasteiger partial charge < -0.3 is 9.97 Å². The van der Waals surface area contributed by atoms with Crippen molar-refractivity contribution in [2.45, 2.75) is 105 Å². The largest absolute Gasteiger partial charge is 3.00 e. The molecule has 0 aliphatic heterocycles. The van der Waals surface area contributed by atoms with E-state index in [4.69, 9.17) is 9.97 Å². The molecule has 10 nitrogen and oxygen atoms in total. The molecule has 0 unspecified atom stereocenters. The first-order chi connectivity index (χ1) is 59.9. The zero-order chi connectivity index (χ0) is 85.4. The Balaban J connectivity index is 0.00000585. The number of hydrogen-bond acceptors (Lipinski definition) is 10. The van der Waals surface area contributed by atoms with Gasteiger partial charge in [-0.25, -0.2) is 32.1 Å². The fourth-order valence-electron chi connectivity index (χ4n) is 16.0. The zero-order valence-electron chi connectivity index (χ0n) is 72.3. The van der Waals surface area contributed by atoms with Crippen molar-refractivity contribution < 1.29 is 40.2 Å². The summed E-state index contributed by atoms with van der Waals surface area (Å²) in [7, 11) is 0. The van der Waals surface area contributed by atoms with Crippen LogP contribution in [0.2, 0.25) is 0 Å². The standard InChI is InChI=1S/C114H90N10.2Ir/c1-111(2,3)107-63-103(117-69-121-107)77-45-37-73(38-46-77)89-25-13-19-31-95(89)83-57-84(96-32-20-14-26-90(96)74-39-47-78(48-40-74)104-64-108(112(4,5)6)122-70-118-104)60-87(59-83)99-35-23-17-29-93(99)81-53-55-101(115-67-81)102-56-54-82(68-116-102)94-30-18-24-36-100(94)88-61-85(97-33-21-15-27-91(97)75-41-49-79(50-42-75)105-65-109(113(7,8)9)123-71-119-105)58-86(62-88)98-34-22-16-28-92(98)76-43-51-80(52-44-76)106-66-110(114(10,11)12)124-72-120-106;;/h13-45,47,49,51,53-54,57-72H,1-12H3;;/q-6;2*+3. The van der Waals surface area contributed by atoms with Gasteiger partial charge in [-0.3, -0.25) is 19.9 Å². The summed E-state index contributed by atoms with van der Waals surface area (Å²) < 4.78 is 0. The van der Waals surface area contributed by atoms with Gasteiger partial charge in [0, 0.05) is 44.4 Å². The minimum atomic E-state index is -0.133. The van der Waals surface area contributed by atoms with Crippen LogP contribution in [-0.4, -0.2) is 49.8 Å². The van der Waals surface area contributed by atoms with Gasteiger partial charge in [-0.1, -0.05) is 320 Å². The van der Waals surface area contributed by atoms with Crippen LogP contribution in [0.5, 0.6) is 0 Å². The summed E-state index contributed by atoms with van der Waals surface area (Å²) in [5, 5.41) is 0. The van der Waals surface area contributed by atoms with E-state index in [0.29, 0.717) is 11.4 Å². The Morgan fingerprint density at radius 2 is 0.365 bits per heavy atom. The SMILES string of the molecule is CC(C)(C)c1cc(-c2[c-]cc(-c3ccccc3-c3cc(-c4ccccc4-c4c[c-]c(-c5cc(C(C)(C)C)ncn5)cc4)cc(-c4ccccc4-c4c[c-]c(-c5[c-]cc(-c6ccccc6-c6cc(-c7ccccc7-c7c[c-]c(-c8cc(C(C)(C)C)ncn8)cc7)cc(-c7ccccc7-c7c[c-]c(-c8cc(C(C)(C)C)ncn8)cc7)c6)cn5)nc4)c3)cc2)ncn1.[Ir+3].[Ir+3]. The number of pyridine rings is 2. The third kappa shape index (κ3) is 18.4. The van der Waals surface area contributed by atoms with E-state index >= 15 is 0 Å². The molecule has 614 valence electrons. The van der Waals surface area contributed by atoms with Crippen LogP contribution in [-0.2, 0) is 61.9 Å². The smallest absolute Gasteiger partial charge is 0.357 e. The summed E-state index contributed by atoms with van der Waals surface area (Å²) in [6.45, 7) is 26.0. The molecule has 0 fully saturated rings. The van der Waals surface area contributed by atoms with Crippen molar-refractivity contribution in [2.24, 2.45) is 0 Å². The number of nitrogens with zero attached hydrogens (tertiary/aromatic N) is 10. The Morgan fingerprint density at radius 1 is 0.183 bits per heavy atom. The van der Waals surface area contributed by atoms with Crippen LogP contribution in [0.1, 0.15) is 106 Å². The first-order valence-electron chi connectivity index (χ1n) is 42.0. The first kappa shape index (κ1) is 86.1. The molecule has 18 rings (SSSR count). The Morgan fingerprint density at radius 3 is 0.532 bits per heavy atom.